The number of ketones is 1. The Morgan fingerprint density at radius 1 is 1.35 bits per heavy atom. The van der Waals surface area contributed by atoms with Crippen LogP contribution in [0.2, 0.25) is 0 Å². The minimum atomic E-state index is -1.10. The number of carboxylic acid groups (broad SMARTS) is 1. The highest BCUT2D eigenvalue weighted by atomic mass is 16.4. The molecular weight excluding hydrogens is 224 g/mol. The van der Waals surface area contributed by atoms with Gasteiger partial charge in [0.2, 0.25) is 5.91 Å². The van der Waals surface area contributed by atoms with Crippen LogP contribution in [0.1, 0.15) is 25.7 Å². The van der Waals surface area contributed by atoms with Crippen LogP contribution in [-0.2, 0) is 14.4 Å². The average Bonchev–Trinajstić information content (AvgIpc) is 2.30. The summed E-state index contributed by atoms with van der Waals surface area (Å²) in [6.07, 6.45) is 2.30. The smallest absolute Gasteiger partial charge is 0.320 e. The first-order valence-electron chi connectivity index (χ1n) is 5.37. The standard InChI is InChI=1S/C11H18N2O4/c1-2-10(15)13-7-3-4-8(14)5-6-9(12)11(16)17/h2,9H,1,3-7,12H2,(H,13,15)(H,16,17). The first kappa shape index (κ1) is 15.3. The van der Waals surface area contributed by atoms with Crippen molar-refractivity contribution < 1.29 is 19.5 Å². The second-order valence-electron chi connectivity index (χ2n) is 3.62. The molecule has 0 saturated heterocycles. The van der Waals surface area contributed by atoms with E-state index >= 15 is 0 Å². The summed E-state index contributed by atoms with van der Waals surface area (Å²) in [5, 5.41) is 11.0. The summed E-state index contributed by atoms with van der Waals surface area (Å²) in [4.78, 5) is 32.4. The molecule has 1 amide bonds. The molecule has 6 nitrogen and oxygen atoms in total. The summed E-state index contributed by atoms with van der Waals surface area (Å²) in [6.45, 7) is 3.70. The predicted molar refractivity (Wildman–Crippen MR) is 62.3 cm³/mol. The van der Waals surface area contributed by atoms with Crippen molar-refractivity contribution in [3.8, 4) is 0 Å². The number of nitrogens with one attached hydrogen (secondary N) is 1. The SMILES string of the molecule is C=CC(=O)NCCCC(=O)CCC(N)C(=O)O. The molecule has 0 saturated carbocycles. The van der Waals surface area contributed by atoms with E-state index in [9.17, 15) is 14.4 Å². The Kier molecular flexibility index (Phi) is 7.62. The van der Waals surface area contributed by atoms with Crippen LogP contribution in [0.3, 0.4) is 0 Å². The van der Waals surface area contributed by atoms with Gasteiger partial charge in [-0.05, 0) is 18.9 Å². The summed E-state index contributed by atoms with van der Waals surface area (Å²) in [7, 11) is 0. The summed E-state index contributed by atoms with van der Waals surface area (Å²) < 4.78 is 0. The number of carbonyl (C=O) groups excluding carboxylic acids is 2. The molecule has 17 heavy (non-hydrogen) atoms. The Balaban J connectivity index is 3.57. The van der Waals surface area contributed by atoms with Crippen LogP contribution < -0.4 is 11.1 Å². The van der Waals surface area contributed by atoms with Crippen LogP contribution >= 0.6 is 0 Å². The lowest BCUT2D eigenvalue weighted by Crippen LogP contribution is -2.30. The monoisotopic (exact) mass is 242 g/mol. The average molecular weight is 242 g/mol. The zero-order valence-electron chi connectivity index (χ0n) is 9.65. The quantitative estimate of drug-likeness (QED) is 0.384. The molecule has 0 radical (unpaired) electrons. The number of carboxylic acids is 1. The third-order valence-corrected chi connectivity index (χ3v) is 2.17. The van der Waals surface area contributed by atoms with E-state index in [0.29, 0.717) is 19.4 Å². The van der Waals surface area contributed by atoms with Gasteiger partial charge in [0.25, 0.3) is 0 Å². The zero-order valence-corrected chi connectivity index (χ0v) is 9.65. The van der Waals surface area contributed by atoms with E-state index in [1.165, 1.54) is 0 Å². The van der Waals surface area contributed by atoms with Gasteiger partial charge in [-0.2, -0.15) is 0 Å². The van der Waals surface area contributed by atoms with Crippen LogP contribution in [0, 0.1) is 0 Å². The Bertz CT molecular complexity index is 302. The van der Waals surface area contributed by atoms with Gasteiger partial charge < -0.3 is 16.2 Å². The van der Waals surface area contributed by atoms with Crippen molar-refractivity contribution >= 4 is 17.7 Å². The van der Waals surface area contributed by atoms with Crippen molar-refractivity contribution in [1.82, 2.24) is 5.32 Å². The largest absolute Gasteiger partial charge is 0.480 e. The van der Waals surface area contributed by atoms with Crippen LogP contribution in [0.4, 0.5) is 0 Å². The molecule has 0 heterocycles. The van der Waals surface area contributed by atoms with Gasteiger partial charge in [0.15, 0.2) is 0 Å². The van der Waals surface area contributed by atoms with Crippen LogP contribution in [-0.4, -0.2) is 35.4 Å². The number of amides is 1. The molecule has 96 valence electrons. The first-order valence-corrected chi connectivity index (χ1v) is 5.37. The fourth-order valence-electron chi connectivity index (χ4n) is 1.13. The minimum absolute atomic E-state index is 0.0467. The molecule has 0 aromatic heterocycles. The molecule has 0 aromatic carbocycles. The molecule has 4 N–H and O–H groups in total. The fraction of sp³-hybridized carbons (Fsp3) is 0.545. The highest BCUT2D eigenvalue weighted by Crippen LogP contribution is 2.01. The van der Waals surface area contributed by atoms with Gasteiger partial charge in [0, 0.05) is 19.4 Å². The van der Waals surface area contributed by atoms with Gasteiger partial charge in [-0.3, -0.25) is 14.4 Å². The first-order chi connectivity index (χ1) is 7.97. The third-order valence-electron chi connectivity index (χ3n) is 2.17. The van der Waals surface area contributed by atoms with Crippen molar-refractivity contribution in [1.29, 1.82) is 0 Å². The highest BCUT2D eigenvalue weighted by molar-refractivity contribution is 5.86. The topological polar surface area (TPSA) is 109 Å². The molecule has 0 aliphatic rings. The number of rotatable bonds is 9. The summed E-state index contributed by atoms with van der Waals surface area (Å²) in [5.74, 6) is -1.42. The van der Waals surface area contributed by atoms with Crippen molar-refractivity contribution in [2.75, 3.05) is 6.54 Å². The van der Waals surface area contributed by atoms with E-state index < -0.39 is 12.0 Å². The normalized spacial score (nSPS) is 11.6. The number of hydrogen-bond acceptors (Lipinski definition) is 4. The van der Waals surface area contributed by atoms with Gasteiger partial charge in [0.05, 0.1) is 0 Å². The van der Waals surface area contributed by atoms with Crippen molar-refractivity contribution in [3.05, 3.63) is 12.7 Å². The molecule has 0 aromatic rings. The Labute approximate surface area is 99.9 Å². The number of carbonyl (C=O) groups is 3. The molecule has 0 spiro atoms. The number of aliphatic carboxylic acids is 1. The second-order valence-corrected chi connectivity index (χ2v) is 3.62. The van der Waals surface area contributed by atoms with Crippen molar-refractivity contribution in [3.63, 3.8) is 0 Å². The lowest BCUT2D eigenvalue weighted by molar-refractivity contribution is -0.138. The maximum Gasteiger partial charge on any atom is 0.320 e. The molecule has 0 rings (SSSR count). The highest BCUT2D eigenvalue weighted by Gasteiger charge is 2.13. The van der Waals surface area contributed by atoms with E-state index in [4.69, 9.17) is 10.8 Å². The van der Waals surface area contributed by atoms with Gasteiger partial charge in [0.1, 0.15) is 11.8 Å². The van der Waals surface area contributed by atoms with Gasteiger partial charge in [-0.1, -0.05) is 6.58 Å². The van der Waals surface area contributed by atoms with Gasteiger partial charge in [-0.15, -0.1) is 0 Å². The van der Waals surface area contributed by atoms with Gasteiger partial charge in [-0.25, -0.2) is 0 Å². The third kappa shape index (κ3) is 8.15. The summed E-state index contributed by atoms with van der Waals surface area (Å²) >= 11 is 0. The summed E-state index contributed by atoms with van der Waals surface area (Å²) in [6, 6.07) is -0.987. The van der Waals surface area contributed by atoms with Crippen LogP contribution in [0.5, 0.6) is 0 Å². The minimum Gasteiger partial charge on any atom is -0.480 e. The maximum atomic E-state index is 11.3. The Morgan fingerprint density at radius 2 is 2.00 bits per heavy atom. The molecular formula is C11H18N2O4. The number of Topliss-reactive ketones (excluding diaryl/α,β-unsaturated/α-hetero) is 1. The lowest BCUT2D eigenvalue weighted by atomic mass is 10.1. The van der Waals surface area contributed by atoms with Crippen LogP contribution in [0.25, 0.3) is 0 Å². The Hall–Kier alpha value is -1.69. The van der Waals surface area contributed by atoms with E-state index in [0.717, 1.165) is 6.08 Å². The molecule has 1 atom stereocenters. The maximum absolute atomic E-state index is 11.3. The van der Waals surface area contributed by atoms with Crippen molar-refractivity contribution in [2.45, 2.75) is 31.7 Å². The number of hydrogen-bond donors (Lipinski definition) is 3. The molecule has 1 unspecified atom stereocenters. The fourth-order valence-corrected chi connectivity index (χ4v) is 1.13. The molecule has 0 bridgehead atoms. The molecule has 0 fully saturated rings. The Morgan fingerprint density at radius 3 is 2.53 bits per heavy atom. The van der Waals surface area contributed by atoms with Crippen LogP contribution in [0.15, 0.2) is 12.7 Å². The number of nitrogens with two attached hydrogens (primary N) is 1. The van der Waals surface area contributed by atoms with E-state index in [1.807, 2.05) is 0 Å². The molecule has 0 aliphatic carbocycles. The van der Waals surface area contributed by atoms with E-state index in [-0.39, 0.29) is 24.5 Å². The lowest BCUT2D eigenvalue weighted by Gasteiger charge is -2.05. The second kappa shape index (κ2) is 8.46. The predicted octanol–water partition coefficient (Wildman–Crippen LogP) is -0.170. The van der Waals surface area contributed by atoms with Gasteiger partial charge >= 0.3 is 5.97 Å². The zero-order chi connectivity index (χ0) is 13.3. The summed E-state index contributed by atoms with van der Waals surface area (Å²) in [5.41, 5.74) is 5.26. The van der Waals surface area contributed by atoms with E-state index in [2.05, 4.69) is 11.9 Å². The van der Waals surface area contributed by atoms with E-state index in [1.54, 1.807) is 0 Å². The molecule has 6 heteroatoms. The molecule has 0 aliphatic heterocycles. The van der Waals surface area contributed by atoms with Crippen molar-refractivity contribution in [2.24, 2.45) is 5.73 Å².